The Morgan fingerprint density at radius 3 is 2.70 bits per heavy atom. The van der Waals surface area contributed by atoms with Crippen LogP contribution in [0.15, 0.2) is 42.5 Å². The molecule has 4 N–H and O–H groups in total. The second-order valence-corrected chi connectivity index (χ2v) is 4.65. The zero-order chi connectivity index (χ0) is 14.5. The number of anilines is 1. The number of hydrogen-bond acceptors (Lipinski definition) is 3. The average molecular weight is 270 g/mol. The van der Waals surface area contributed by atoms with E-state index in [1.165, 1.54) is 0 Å². The van der Waals surface area contributed by atoms with Crippen LogP contribution < -0.4 is 11.1 Å². The summed E-state index contributed by atoms with van der Waals surface area (Å²) in [5.41, 5.74) is 8.63. The van der Waals surface area contributed by atoms with Crippen LogP contribution in [0.3, 0.4) is 0 Å². The summed E-state index contributed by atoms with van der Waals surface area (Å²) in [6.07, 6.45) is 0.665. The number of nitrogens with two attached hydrogens (primary N) is 1. The van der Waals surface area contributed by atoms with E-state index < -0.39 is 0 Å². The third-order valence-electron chi connectivity index (χ3n) is 3.13. The van der Waals surface area contributed by atoms with Gasteiger partial charge in [-0.3, -0.25) is 4.79 Å². The summed E-state index contributed by atoms with van der Waals surface area (Å²) in [4.78, 5) is 12.3. The van der Waals surface area contributed by atoms with E-state index >= 15 is 0 Å². The lowest BCUT2D eigenvalue weighted by Gasteiger charge is -2.11. The number of nitrogens with one attached hydrogen (secondary N) is 1. The van der Waals surface area contributed by atoms with Crippen molar-refractivity contribution in [1.29, 1.82) is 0 Å². The van der Waals surface area contributed by atoms with Gasteiger partial charge in [-0.05, 0) is 55.3 Å². The molecule has 4 nitrogen and oxygen atoms in total. The Morgan fingerprint density at radius 2 is 2.00 bits per heavy atom. The van der Waals surface area contributed by atoms with Crippen molar-refractivity contribution in [3.05, 3.63) is 59.2 Å². The number of benzene rings is 2. The number of phenols is 1. The van der Waals surface area contributed by atoms with Crippen LogP contribution in [0, 0.1) is 6.92 Å². The number of phenolic OH excluding ortho intramolecular Hbond substituents is 1. The fraction of sp³-hybridized carbons (Fsp3) is 0.188. The van der Waals surface area contributed by atoms with Crippen molar-refractivity contribution >= 4 is 11.6 Å². The van der Waals surface area contributed by atoms with Gasteiger partial charge in [-0.15, -0.1) is 0 Å². The summed E-state index contributed by atoms with van der Waals surface area (Å²) in [7, 11) is 0. The van der Waals surface area contributed by atoms with Crippen LogP contribution in [0.25, 0.3) is 0 Å². The Balaban J connectivity index is 2.24. The van der Waals surface area contributed by atoms with E-state index in [0.717, 1.165) is 11.1 Å². The molecule has 2 aromatic rings. The second kappa shape index (κ2) is 6.21. The van der Waals surface area contributed by atoms with Crippen molar-refractivity contribution in [2.75, 3.05) is 11.9 Å². The van der Waals surface area contributed by atoms with E-state index in [0.29, 0.717) is 24.2 Å². The Bertz CT molecular complexity index is 624. The highest BCUT2D eigenvalue weighted by molar-refractivity contribution is 6.05. The number of hydrogen-bond donors (Lipinski definition) is 3. The molecular formula is C16H18N2O2. The minimum absolute atomic E-state index is 0.164. The van der Waals surface area contributed by atoms with Crippen molar-refractivity contribution in [3.63, 3.8) is 0 Å². The topological polar surface area (TPSA) is 75.3 Å². The first-order valence-electron chi connectivity index (χ1n) is 6.50. The summed E-state index contributed by atoms with van der Waals surface area (Å²) in [6, 6.07) is 12.3. The Morgan fingerprint density at radius 1 is 1.25 bits per heavy atom. The normalized spacial score (nSPS) is 10.3. The van der Waals surface area contributed by atoms with Gasteiger partial charge in [-0.25, -0.2) is 0 Å². The maximum absolute atomic E-state index is 12.3. The Kier molecular flexibility index (Phi) is 4.38. The third-order valence-corrected chi connectivity index (χ3v) is 3.13. The SMILES string of the molecule is Cc1cc(O)ccc1NC(=O)c1ccccc1CCN. The zero-order valence-corrected chi connectivity index (χ0v) is 11.4. The highest BCUT2D eigenvalue weighted by Gasteiger charge is 2.11. The van der Waals surface area contributed by atoms with Gasteiger partial charge < -0.3 is 16.2 Å². The zero-order valence-electron chi connectivity index (χ0n) is 11.4. The van der Waals surface area contributed by atoms with Crippen LogP contribution in [-0.4, -0.2) is 17.6 Å². The van der Waals surface area contributed by atoms with Crippen LogP contribution in [0.5, 0.6) is 5.75 Å². The summed E-state index contributed by atoms with van der Waals surface area (Å²) in [5, 5.41) is 12.2. The predicted molar refractivity (Wildman–Crippen MR) is 80.0 cm³/mol. The van der Waals surface area contributed by atoms with Gasteiger partial charge in [-0.2, -0.15) is 0 Å². The van der Waals surface area contributed by atoms with Gasteiger partial charge in [0.05, 0.1) is 0 Å². The molecule has 4 heteroatoms. The third kappa shape index (κ3) is 3.16. The van der Waals surface area contributed by atoms with E-state index in [-0.39, 0.29) is 11.7 Å². The van der Waals surface area contributed by atoms with Crippen molar-refractivity contribution in [2.45, 2.75) is 13.3 Å². The first kappa shape index (κ1) is 14.1. The highest BCUT2D eigenvalue weighted by Crippen LogP contribution is 2.21. The molecule has 0 atom stereocenters. The fourth-order valence-corrected chi connectivity index (χ4v) is 2.09. The Hall–Kier alpha value is -2.33. The lowest BCUT2D eigenvalue weighted by atomic mass is 10.0. The minimum Gasteiger partial charge on any atom is -0.508 e. The van der Waals surface area contributed by atoms with Crippen LogP contribution in [0.2, 0.25) is 0 Å². The lowest BCUT2D eigenvalue weighted by molar-refractivity contribution is 0.102. The molecule has 0 unspecified atom stereocenters. The quantitative estimate of drug-likeness (QED) is 0.747. The molecule has 0 saturated heterocycles. The molecule has 2 aromatic carbocycles. The molecule has 0 radical (unpaired) electrons. The van der Waals surface area contributed by atoms with Crippen LogP contribution in [0.1, 0.15) is 21.5 Å². The maximum Gasteiger partial charge on any atom is 0.255 e. The van der Waals surface area contributed by atoms with Gasteiger partial charge >= 0.3 is 0 Å². The molecule has 0 heterocycles. The summed E-state index contributed by atoms with van der Waals surface area (Å²) in [6.45, 7) is 2.34. The van der Waals surface area contributed by atoms with Crippen molar-refractivity contribution in [3.8, 4) is 5.75 Å². The largest absolute Gasteiger partial charge is 0.508 e. The molecule has 2 rings (SSSR count). The minimum atomic E-state index is -0.164. The molecule has 20 heavy (non-hydrogen) atoms. The van der Waals surface area contributed by atoms with Gasteiger partial charge in [0.1, 0.15) is 5.75 Å². The lowest BCUT2D eigenvalue weighted by Crippen LogP contribution is -2.16. The second-order valence-electron chi connectivity index (χ2n) is 4.65. The van der Waals surface area contributed by atoms with Crippen molar-refractivity contribution in [1.82, 2.24) is 0 Å². The molecule has 104 valence electrons. The van der Waals surface area contributed by atoms with Crippen molar-refractivity contribution in [2.24, 2.45) is 5.73 Å². The summed E-state index contributed by atoms with van der Waals surface area (Å²) >= 11 is 0. The van der Waals surface area contributed by atoms with Gasteiger partial charge in [0.2, 0.25) is 0 Å². The first-order chi connectivity index (χ1) is 9.61. The number of carbonyl (C=O) groups excluding carboxylic acids is 1. The molecule has 0 fully saturated rings. The molecule has 0 bridgehead atoms. The molecule has 0 spiro atoms. The number of aryl methyl sites for hydroxylation is 1. The predicted octanol–water partition coefficient (Wildman–Crippen LogP) is 2.45. The van der Waals surface area contributed by atoms with Crippen LogP contribution in [-0.2, 0) is 6.42 Å². The van der Waals surface area contributed by atoms with Crippen molar-refractivity contribution < 1.29 is 9.90 Å². The van der Waals surface area contributed by atoms with E-state index in [2.05, 4.69) is 5.32 Å². The first-order valence-corrected chi connectivity index (χ1v) is 6.50. The maximum atomic E-state index is 12.3. The molecular weight excluding hydrogens is 252 g/mol. The average Bonchev–Trinajstić information content (AvgIpc) is 2.43. The molecule has 0 aliphatic heterocycles. The molecule has 1 amide bonds. The van der Waals surface area contributed by atoms with Gasteiger partial charge in [0, 0.05) is 11.3 Å². The van der Waals surface area contributed by atoms with Gasteiger partial charge in [-0.1, -0.05) is 18.2 Å². The smallest absolute Gasteiger partial charge is 0.255 e. The standard InChI is InChI=1S/C16H18N2O2/c1-11-10-13(19)6-7-15(11)18-16(20)14-5-3-2-4-12(14)8-9-17/h2-7,10,19H,8-9,17H2,1H3,(H,18,20). The molecule has 0 aliphatic rings. The fourth-order valence-electron chi connectivity index (χ4n) is 2.09. The summed E-state index contributed by atoms with van der Waals surface area (Å²) < 4.78 is 0. The Labute approximate surface area is 118 Å². The number of carbonyl (C=O) groups is 1. The van der Waals surface area contributed by atoms with Crippen LogP contribution >= 0.6 is 0 Å². The van der Waals surface area contributed by atoms with E-state index in [4.69, 9.17) is 5.73 Å². The monoisotopic (exact) mass is 270 g/mol. The molecule has 0 saturated carbocycles. The summed E-state index contributed by atoms with van der Waals surface area (Å²) in [5.74, 6) is 0.0203. The van der Waals surface area contributed by atoms with Gasteiger partial charge in [0.15, 0.2) is 0 Å². The number of amides is 1. The molecule has 0 aliphatic carbocycles. The van der Waals surface area contributed by atoms with Gasteiger partial charge in [0.25, 0.3) is 5.91 Å². The molecule has 0 aromatic heterocycles. The number of rotatable bonds is 4. The highest BCUT2D eigenvalue weighted by atomic mass is 16.3. The van der Waals surface area contributed by atoms with E-state index in [1.54, 1.807) is 24.3 Å². The number of aromatic hydroxyl groups is 1. The van der Waals surface area contributed by atoms with Crippen LogP contribution in [0.4, 0.5) is 5.69 Å². The van der Waals surface area contributed by atoms with E-state index in [9.17, 15) is 9.90 Å². The van der Waals surface area contributed by atoms with E-state index in [1.807, 2.05) is 25.1 Å².